The zero-order valence-electron chi connectivity index (χ0n) is 10.6. The summed E-state index contributed by atoms with van der Waals surface area (Å²) in [6, 6.07) is 12.8. The Bertz CT molecular complexity index is 607. The van der Waals surface area contributed by atoms with Gasteiger partial charge in [0.25, 0.3) is 0 Å². The summed E-state index contributed by atoms with van der Waals surface area (Å²) in [4.78, 5) is 4.86. The number of aryl methyl sites for hydroxylation is 1. The Morgan fingerprint density at radius 1 is 1.11 bits per heavy atom. The number of hydrogen-bond donors (Lipinski definition) is 1. The minimum absolute atomic E-state index is 0.899. The molecule has 0 amide bonds. The molecule has 0 saturated heterocycles. The summed E-state index contributed by atoms with van der Waals surface area (Å²) in [5, 5.41) is 0. The zero-order valence-corrected chi connectivity index (χ0v) is 11.4. The third kappa shape index (κ3) is 1.58. The van der Waals surface area contributed by atoms with Crippen LogP contribution in [-0.2, 0) is 0 Å². The van der Waals surface area contributed by atoms with Gasteiger partial charge in [-0.25, -0.2) is 0 Å². The van der Waals surface area contributed by atoms with Gasteiger partial charge >= 0.3 is 0 Å². The second kappa shape index (κ2) is 4.25. The van der Waals surface area contributed by atoms with Gasteiger partial charge in [-0.2, -0.15) is 0 Å². The van der Waals surface area contributed by atoms with Crippen LogP contribution >= 0.6 is 11.8 Å². The lowest BCUT2D eigenvalue weighted by Crippen LogP contribution is -2.21. The van der Waals surface area contributed by atoms with Crippen LogP contribution in [0.25, 0.3) is 0 Å². The number of para-hydroxylation sites is 1. The predicted octanol–water partition coefficient (Wildman–Crippen LogP) is 4.20. The summed E-state index contributed by atoms with van der Waals surface area (Å²) in [6.07, 6.45) is 0. The molecule has 0 unspecified atom stereocenters. The summed E-state index contributed by atoms with van der Waals surface area (Å²) in [7, 11) is 0. The summed E-state index contributed by atoms with van der Waals surface area (Å²) < 4.78 is 0. The molecule has 3 heteroatoms. The third-order valence-electron chi connectivity index (χ3n) is 3.36. The van der Waals surface area contributed by atoms with Gasteiger partial charge in [0.1, 0.15) is 0 Å². The van der Waals surface area contributed by atoms with Gasteiger partial charge in [0, 0.05) is 16.3 Å². The van der Waals surface area contributed by atoms with Gasteiger partial charge in [-0.1, -0.05) is 30.0 Å². The minimum atomic E-state index is 0.899. The van der Waals surface area contributed by atoms with Crippen LogP contribution in [0.15, 0.2) is 46.2 Å². The third-order valence-corrected chi connectivity index (χ3v) is 4.47. The van der Waals surface area contributed by atoms with Gasteiger partial charge in [-0.3, -0.25) is 0 Å². The van der Waals surface area contributed by atoms with Crippen LogP contribution < -0.4 is 10.6 Å². The van der Waals surface area contributed by atoms with E-state index in [1.54, 1.807) is 11.8 Å². The molecule has 3 rings (SSSR count). The van der Waals surface area contributed by atoms with Crippen molar-refractivity contribution >= 4 is 28.8 Å². The molecule has 1 aliphatic heterocycles. The molecule has 1 heterocycles. The van der Waals surface area contributed by atoms with Gasteiger partial charge in [0.15, 0.2) is 0 Å². The van der Waals surface area contributed by atoms with Crippen LogP contribution in [0.1, 0.15) is 12.5 Å². The van der Waals surface area contributed by atoms with Crippen molar-refractivity contribution in [2.75, 3.05) is 17.2 Å². The molecule has 0 atom stereocenters. The monoisotopic (exact) mass is 256 g/mol. The number of nitrogen functional groups attached to an aromatic ring is 1. The van der Waals surface area contributed by atoms with Gasteiger partial charge in [0.2, 0.25) is 0 Å². The topological polar surface area (TPSA) is 29.3 Å². The predicted molar refractivity (Wildman–Crippen MR) is 78.8 cm³/mol. The quantitative estimate of drug-likeness (QED) is 0.775. The fourth-order valence-corrected chi connectivity index (χ4v) is 3.50. The molecule has 0 fully saturated rings. The first-order valence-electron chi connectivity index (χ1n) is 6.16. The van der Waals surface area contributed by atoms with E-state index in [-0.39, 0.29) is 0 Å². The first-order valence-corrected chi connectivity index (χ1v) is 6.97. The zero-order chi connectivity index (χ0) is 12.7. The lowest BCUT2D eigenvalue weighted by molar-refractivity contribution is 0.979. The average molecular weight is 256 g/mol. The normalized spacial score (nSPS) is 13.1. The van der Waals surface area contributed by atoms with Crippen LogP contribution in [-0.4, -0.2) is 6.54 Å². The minimum Gasteiger partial charge on any atom is -0.397 e. The fourth-order valence-electron chi connectivity index (χ4n) is 2.38. The van der Waals surface area contributed by atoms with Crippen molar-refractivity contribution in [2.24, 2.45) is 0 Å². The highest BCUT2D eigenvalue weighted by molar-refractivity contribution is 7.99. The van der Waals surface area contributed by atoms with Crippen molar-refractivity contribution in [3.63, 3.8) is 0 Å². The van der Waals surface area contributed by atoms with Crippen molar-refractivity contribution in [3.05, 3.63) is 42.0 Å². The first-order chi connectivity index (χ1) is 8.72. The molecule has 0 aliphatic carbocycles. The van der Waals surface area contributed by atoms with Crippen LogP contribution in [0.3, 0.4) is 0 Å². The molecular formula is C15H16N2S. The summed E-state index contributed by atoms with van der Waals surface area (Å²) >= 11 is 1.80. The number of anilines is 3. The molecule has 2 nitrogen and oxygen atoms in total. The smallest absolute Gasteiger partial charge is 0.0789 e. The van der Waals surface area contributed by atoms with Crippen molar-refractivity contribution in [1.82, 2.24) is 0 Å². The Morgan fingerprint density at radius 2 is 1.89 bits per heavy atom. The summed E-state index contributed by atoms with van der Waals surface area (Å²) in [6.45, 7) is 5.16. The Labute approximate surface area is 112 Å². The van der Waals surface area contributed by atoms with E-state index in [2.05, 4.69) is 55.1 Å². The highest BCUT2D eigenvalue weighted by Gasteiger charge is 2.24. The molecule has 18 heavy (non-hydrogen) atoms. The molecule has 0 saturated carbocycles. The number of nitrogens with zero attached hydrogens (tertiary/aromatic N) is 1. The van der Waals surface area contributed by atoms with E-state index in [9.17, 15) is 0 Å². The summed E-state index contributed by atoms with van der Waals surface area (Å²) in [5.41, 5.74) is 10.7. The van der Waals surface area contributed by atoms with Crippen molar-refractivity contribution < 1.29 is 0 Å². The summed E-state index contributed by atoms with van der Waals surface area (Å²) in [5.74, 6) is 0. The van der Waals surface area contributed by atoms with Gasteiger partial charge in [0.05, 0.1) is 17.1 Å². The average Bonchev–Trinajstić information content (AvgIpc) is 2.41. The number of rotatable bonds is 1. The Hall–Kier alpha value is -1.61. The lowest BCUT2D eigenvalue weighted by Gasteiger charge is -2.33. The number of fused-ring (bicyclic) bond motifs is 2. The fraction of sp³-hybridized carbons (Fsp3) is 0.200. The molecule has 92 valence electrons. The largest absolute Gasteiger partial charge is 0.397 e. The van der Waals surface area contributed by atoms with Crippen molar-refractivity contribution in [3.8, 4) is 0 Å². The number of hydrogen-bond acceptors (Lipinski definition) is 3. The van der Waals surface area contributed by atoms with E-state index in [1.807, 2.05) is 0 Å². The maximum atomic E-state index is 6.27. The van der Waals surface area contributed by atoms with E-state index in [4.69, 9.17) is 5.73 Å². The van der Waals surface area contributed by atoms with E-state index >= 15 is 0 Å². The molecule has 2 aromatic rings. The Kier molecular flexibility index (Phi) is 2.71. The maximum absolute atomic E-state index is 6.27. The van der Waals surface area contributed by atoms with Crippen LogP contribution in [0, 0.1) is 6.92 Å². The first kappa shape index (κ1) is 11.5. The molecule has 0 aromatic heterocycles. The molecular weight excluding hydrogens is 240 g/mol. The van der Waals surface area contributed by atoms with Gasteiger partial charge < -0.3 is 10.6 Å². The molecule has 0 radical (unpaired) electrons. The molecule has 2 N–H and O–H groups in total. The van der Waals surface area contributed by atoms with E-state index in [0.717, 1.165) is 17.8 Å². The molecule has 0 spiro atoms. The molecule has 2 aromatic carbocycles. The van der Waals surface area contributed by atoms with Crippen molar-refractivity contribution in [1.29, 1.82) is 0 Å². The highest BCUT2D eigenvalue weighted by atomic mass is 32.2. The Balaban J connectivity index is 2.24. The second-order valence-electron chi connectivity index (χ2n) is 4.46. The van der Waals surface area contributed by atoms with E-state index in [0.29, 0.717) is 0 Å². The lowest BCUT2D eigenvalue weighted by atomic mass is 10.1. The van der Waals surface area contributed by atoms with Crippen molar-refractivity contribution in [2.45, 2.75) is 23.6 Å². The van der Waals surface area contributed by atoms with Gasteiger partial charge in [-0.05, 0) is 37.6 Å². The van der Waals surface area contributed by atoms with Gasteiger partial charge in [-0.15, -0.1) is 0 Å². The maximum Gasteiger partial charge on any atom is 0.0789 e. The van der Waals surface area contributed by atoms with E-state index in [1.165, 1.54) is 21.2 Å². The molecule has 1 aliphatic rings. The van der Waals surface area contributed by atoms with E-state index < -0.39 is 0 Å². The highest BCUT2D eigenvalue weighted by Crippen LogP contribution is 2.50. The Morgan fingerprint density at radius 3 is 2.67 bits per heavy atom. The van der Waals surface area contributed by atoms with Crippen LogP contribution in [0.4, 0.5) is 17.1 Å². The SMILES string of the molecule is CCN1c2ccccc2Sc2ccc(C)c(N)c21. The number of nitrogens with two attached hydrogens (primary N) is 1. The molecule has 0 bridgehead atoms. The number of benzene rings is 2. The van der Waals surface area contributed by atoms with Crippen LogP contribution in [0.2, 0.25) is 0 Å². The van der Waals surface area contributed by atoms with Crippen LogP contribution in [0.5, 0.6) is 0 Å². The standard InChI is InChI=1S/C15H16N2S/c1-3-17-11-6-4-5-7-12(11)18-13-9-8-10(2)14(16)15(13)17/h4-9H,3,16H2,1-2H3. The second-order valence-corrected chi connectivity index (χ2v) is 5.54.